The fraction of sp³-hybridized carbons (Fsp3) is 0.250. The number of nitrogens with one attached hydrogen (secondary N) is 2. The van der Waals surface area contributed by atoms with Gasteiger partial charge >= 0.3 is 12.2 Å². The smallest absolute Gasteiger partial charge is 0.331 e. The predicted molar refractivity (Wildman–Crippen MR) is 126 cm³/mol. The molecule has 8 nitrogen and oxygen atoms in total. The zero-order chi connectivity index (χ0) is 26.3. The third-order valence-corrected chi connectivity index (χ3v) is 8.82. The lowest BCUT2D eigenvalue weighted by Crippen LogP contribution is -2.39. The van der Waals surface area contributed by atoms with Crippen LogP contribution in [0.2, 0.25) is 9.36 Å². The van der Waals surface area contributed by atoms with E-state index in [9.17, 15) is 26.4 Å². The quantitative estimate of drug-likeness (QED) is 0.386. The van der Waals surface area contributed by atoms with Gasteiger partial charge in [-0.2, -0.15) is 13.2 Å². The summed E-state index contributed by atoms with van der Waals surface area (Å²) in [4.78, 5) is 12.1. The minimum Gasteiger partial charge on any atom is -0.331 e. The minimum atomic E-state index is -4.51. The number of allylic oxidation sites excluding steroid dienone is 1. The number of benzene rings is 1. The average molecular weight is 584 g/mol. The standard InChI is InChI=1S/C20H15Cl2F4N5O3S2/c21-13-8-15(35-18(13)22)36(33,34)29-19(32)27-9-14(23)12-2-1-7-31-17(12)16(28-30-31)10-3-5-11(6-4-10)20(24,25)26/h3-6,8H,1-2,7,9H2,(H2,27,29,32)/b14-12-. The summed E-state index contributed by atoms with van der Waals surface area (Å²) in [5.41, 5.74) is 0.0809. The lowest BCUT2D eigenvalue weighted by atomic mass is 9.97. The summed E-state index contributed by atoms with van der Waals surface area (Å²) in [5.74, 6) is -0.777. The van der Waals surface area contributed by atoms with Crippen LogP contribution in [0.25, 0.3) is 16.8 Å². The fourth-order valence-electron chi connectivity index (χ4n) is 3.50. The van der Waals surface area contributed by atoms with Crippen LogP contribution in [0.15, 0.2) is 40.4 Å². The van der Waals surface area contributed by atoms with Crippen molar-refractivity contribution in [1.82, 2.24) is 25.0 Å². The maximum Gasteiger partial charge on any atom is 0.416 e. The van der Waals surface area contributed by atoms with Crippen LogP contribution in [-0.2, 0) is 22.7 Å². The van der Waals surface area contributed by atoms with Crippen molar-refractivity contribution in [2.24, 2.45) is 0 Å². The molecule has 192 valence electrons. The van der Waals surface area contributed by atoms with Crippen molar-refractivity contribution in [3.63, 3.8) is 0 Å². The first-order valence-corrected chi connectivity index (χ1v) is 13.2. The number of sulfonamides is 1. The number of fused-ring (bicyclic) bond motifs is 1. The molecule has 4 rings (SSSR count). The van der Waals surface area contributed by atoms with Gasteiger partial charge in [0.25, 0.3) is 10.0 Å². The van der Waals surface area contributed by atoms with Gasteiger partial charge in [-0.15, -0.1) is 16.4 Å². The highest BCUT2D eigenvalue weighted by Gasteiger charge is 2.31. The minimum absolute atomic E-state index is 0.00426. The SMILES string of the molecule is O=C(NC/C(F)=C1\CCCn2nnc(-c3ccc(C(F)(F)F)cc3)c21)NS(=O)(=O)c1cc(Cl)c(Cl)s1. The average Bonchev–Trinajstić information content (AvgIpc) is 3.40. The van der Waals surface area contributed by atoms with Gasteiger partial charge in [-0.25, -0.2) is 27.0 Å². The number of halogens is 6. The second-order valence-corrected chi connectivity index (χ2v) is 11.5. The van der Waals surface area contributed by atoms with Crippen LogP contribution < -0.4 is 10.0 Å². The normalized spacial score (nSPS) is 15.4. The van der Waals surface area contributed by atoms with Gasteiger partial charge in [0.15, 0.2) is 0 Å². The molecule has 0 fully saturated rings. The second kappa shape index (κ2) is 10.00. The Kier molecular flexibility index (Phi) is 7.33. The number of alkyl halides is 3. The van der Waals surface area contributed by atoms with Crippen LogP contribution in [0.5, 0.6) is 0 Å². The number of aromatic nitrogens is 3. The Morgan fingerprint density at radius 2 is 1.89 bits per heavy atom. The van der Waals surface area contributed by atoms with Gasteiger partial charge in [-0.05, 0) is 31.0 Å². The number of carbonyl (C=O) groups is 1. The summed E-state index contributed by atoms with van der Waals surface area (Å²) < 4.78 is 81.4. The first kappa shape index (κ1) is 26.4. The first-order valence-electron chi connectivity index (χ1n) is 10.1. The van der Waals surface area contributed by atoms with E-state index in [1.54, 1.807) is 4.72 Å². The van der Waals surface area contributed by atoms with Gasteiger partial charge < -0.3 is 5.32 Å². The monoisotopic (exact) mass is 583 g/mol. The van der Waals surface area contributed by atoms with E-state index >= 15 is 4.39 Å². The fourth-order valence-corrected chi connectivity index (χ4v) is 6.31. The summed E-state index contributed by atoms with van der Waals surface area (Å²) in [6.45, 7) is -0.238. The maximum absolute atomic E-state index is 15.2. The summed E-state index contributed by atoms with van der Waals surface area (Å²) >= 11 is 12.1. The Morgan fingerprint density at radius 1 is 1.19 bits per heavy atom. The van der Waals surface area contributed by atoms with Crippen molar-refractivity contribution in [1.29, 1.82) is 0 Å². The van der Waals surface area contributed by atoms with E-state index in [1.807, 2.05) is 0 Å². The lowest BCUT2D eigenvalue weighted by Gasteiger charge is -2.19. The molecule has 0 saturated carbocycles. The lowest BCUT2D eigenvalue weighted by molar-refractivity contribution is -0.137. The summed E-state index contributed by atoms with van der Waals surface area (Å²) in [5, 5.41) is 10.1. The number of nitrogens with zero attached hydrogens (tertiary/aromatic N) is 3. The molecule has 0 bridgehead atoms. The van der Waals surface area contributed by atoms with Crippen LogP contribution >= 0.6 is 34.5 Å². The number of amides is 2. The number of urea groups is 1. The predicted octanol–water partition coefficient (Wildman–Crippen LogP) is 5.49. The van der Waals surface area contributed by atoms with E-state index in [0.29, 0.717) is 29.9 Å². The van der Waals surface area contributed by atoms with Gasteiger partial charge in [-0.3, -0.25) is 0 Å². The molecule has 0 aliphatic carbocycles. The number of rotatable bonds is 5. The molecule has 3 heterocycles. The highest BCUT2D eigenvalue weighted by molar-refractivity contribution is 7.92. The highest BCUT2D eigenvalue weighted by atomic mass is 35.5. The number of hydrogen-bond donors (Lipinski definition) is 2. The molecule has 0 unspecified atom stereocenters. The van der Waals surface area contributed by atoms with Gasteiger partial charge in [0.2, 0.25) is 0 Å². The van der Waals surface area contributed by atoms with Crippen LogP contribution in [0, 0.1) is 0 Å². The summed E-state index contributed by atoms with van der Waals surface area (Å²) in [6.07, 6.45) is -3.75. The molecule has 2 N–H and O–H groups in total. The first-order chi connectivity index (χ1) is 16.9. The Bertz CT molecular complexity index is 1430. The van der Waals surface area contributed by atoms with Crippen molar-refractivity contribution in [2.75, 3.05) is 6.54 Å². The van der Waals surface area contributed by atoms with E-state index in [4.69, 9.17) is 23.2 Å². The molecular weight excluding hydrogens is 569 g/mol. The van der Waals surface area contributed by atoms with Gasteiger partial charge in [0.1, 0.15) is 20.1 Å². The Labute approximate surface area is 215 Å². The van der Waals surface area contributed by atoms with E-state index in [2.05, 4.69) is 15.6 Å². The molecule has 1 aromatic carbocycles. The van der Waals surface area contributed by atoms with Crippen molar-refractivity contribution in [3.8, 4) is 11.3 Å². The van der Waals surface area contributed by atoms with Crippen molar-refractivity contribution in [3.05, 3.63) is 56.8 Å². The zero-order valence-electron chi connectivity index (χ0n) is 17.9. The molecule has 36 heavy (non-hydrogen) atoms. The Hall–Kier alpha value is -2.68. The molecule has 0 atom stereocenters. The van der Waals surface area contributed by atoms with Crippen LogP contribution in [0.4, 0.5) is 22.4 Å². The molecule has 0 saturated heterocycles. The topological polar surface area (TPSA) is 106 Å². The summed E-state index contributed by atoms with van der Waals surface area (Å²) in [6, 6.07) is 4.12. The zero-order valence-corrected chi connectivity index (χ0v) is 21.0. The van der Waals surface area contributed by atoms with Crippen molar-refractivity contribution >= 4 is 56.2 Å². The number of hydrogen-bond acceptors (Lipinski definition) is 6. The maximum atomic E-state index is 15.2. The van der Waals surface area contributed by atoms with Gasteiger partial charge in [0, 0.05) is 17.7 Å². The molecule has 2 aromatic heterocycles. The van der Waals surface area contributed by atoms with E-state index in [-0.39, 0.29) is 36.9 Å². The largest absolute Gasteiger partial charge is 0.416 e. The third kappa shape index (κ3) is 5.51. The number of carbonyl (C=O) groups excluding carboxylic acids is 1. The molecule has 2 amide bonds. The molecule has 0 radical (unpaired) electrons. The van der Waals surface area contributed by atoms with E-state index in [0.717, 1.165) is 18.2 Å². The van der Waals surface area contributed by atoms with Crippen molar-refractivity contribution in [2.45, 2.75) is 29.8 Å². The van der Waals surface area contributed by atoms with Crippen molar-refractivity contribution < 1.29 is 30.8 Å². The Morgan fingerprint density at radius 3 is 2.50 bits per heavy atom. The number of aryl methyl sites for hydroxylation is 1. The van der Waals surface area contributed by atoms with Crippen LogP contribution in [-0.4, -0.2) is 36.0 Å². The third-order valence-electron chi connectivity index (χ3n) is 5.15. The van der Waals surface area contributed by atoms with Crippen LogP contribution in [0.1, 0.15) is 24.1 Å². The molecule has 1 aliphatic heterocycles. The van der Waals surface area contributed by atoms with Gasteiger partial charge in [-0.1, -0.05) is 40.5 Å². The molecule has 1 aliphatic rings. The summed E-state index contributed by atoms with van der Waals surface area (Å²) in [7, 11) is -4.29. The van der Waals surface area contributed by atoms with E-state index < -0.39 is 40.2 Å². The number of thiophene rings is 1. The highest BCUT2D eigenvalue weighted by Crippen LogP contribution is 2.37. The van der Waals surface area contributed by atoms with E-state index in [1.165, 1.54) is 16.8 Å². The second-order valence-electron chi connectivity index (χ2n) is 7.55. The molecule has 3 aromatic rings. The molecule has 0 spiro atoms. The molecule has 16 heteroatoms. The van der Waals surface area contributed by atoms with Crippen LogP contribution in [0.3, 0.4) is 0 Å². The van der Waals surface area contributed by atoms with Gasteiger partial charge in [0.05, 0.1) is 22.8 Å². The molecular formula is C20H15Cl2F4N5O3S2. The Balaban J connectivity index is 1.53.